The molecule has 2 aliphatic rings. The van der Waals surface area contributed by atoms with Crippen molar-refractivity contribution in [3.63, 3.8) is 0 Å². The number of nitrogens with one attached hydrogen (secondary N) is 1. The SMILES string of the molecule is CCN(Cc1ccncc1)C(=O)C1NCC2CCCC21. The zero-order valence-electron chi connectivity index (χ0n) is 12.1. The van der Waals surface area contributed by atoms with Crippen molar-refractivity contribution in [3.05, 3.63) is 30.1 Å². The van der Waals surface area contributed by atoms with Crippen LogP contribution in [0.4, 0.5) is 0 Å². The van der Waals surface area contributed by atoms with Crippen LogP contribution in [0.15, 0.2) is 24.5 Å². The van der Waals surface area contributed by atoms with Crippen LogP contribution in [0.2, 0.25) is 0 Å². The molecule has 0 spiro atoms. The molecule has 1 saturated heterocycles. The van der Waals surface area contributed by atoms with Gasteiger partial charge in [-0.25, -0.2) is 0 Å². The van der Waals surface area contributed by atoms with E-state index in [9.17, 15) is 4.79 Å². The Morgan fingerprint density at radius 1 is 1.40 bits per heavy atom. The predicted molar refractivity (Wildman–Crippen MR) is 77.9 cm³/mol. The molecule has 0 radical (unpaired) electrons. The Labute approximate surface area is 120 Å². The van der Waals surface area contributed by atoms with Crippen molar-refractivity contribution in [2.75, 3.05) is 13.1 Å². The number of hydrogen-bond acceptors (Lipinski definition) is 3. The standard InChI is InChI=1S/C16H23N3O/c1-2-19(11-12-6-8-17-9-7-12)16(20)15-14-5-3-4-13(14)10-18-15/h6-9,13-15,18H,2-5,10-11H2,1H3. The first kappa shape index (κ1) is 13.6. The second-order valence-corrected chi connectivity index (χ2v) is 5.95. The lowest BCUT2D eigenvalue weighted by Crippen LogP contribution is -2.46. The summed E-state index contributed by atoms with van der Waals surface area (Å²) in [5.41, 5.74) is 1.15. The summed E-state index contributed by atoms with van der Waals surface area (Å²) in [6.07, 6.45) is 7.36. The lowest BCUT2D eigenvalue weighted by Gasteiger charge is -2.27. The van der Waals surface area contributed by atoms with Crippen LogP contribution in [0, 0.1) is 11.8 Å². The number of carbonyl (C=O) groups is 1. The number of rotatable bonds is 4. The number of amides is 1. The van der Waals surface area contributed by atoms with E-state index in [1.54, 1.807) is 12.4 Å². The summed E-state index contributed by atoms with van der Waals surface area (Å²) in [7, 11) is 0. The lowest BCUT2D eigenvalue weighted by molar-refractivity contribution is -0.134. The molecule has 0 bridgehead atoms. The van der Waals surface area contributed by atoms with E-state index < -0.39 is 0 Å². The van der Waals surface area contributed by atoms with Gasteiger partial charge in [0.05, 0.1) is 6.04 Å². The minimum atomic E-state index is 0.0456. The second kappa shape index (κ2) is 5.92. The fourth-order valence-corrected chi connectivity index (χ4v) is 3.71. The Bertz CT molecular complexity index is 462. The van der Waals surface area contributed by atoms with Gasteiger partial charge in [-0.05, 0) is 55.8 Å². The average molecular weight is 273 g/mol. The molecule has 2 fully saturated rings. The highest BCUT2D eigenvalue weighted by Crippen LogP contribution is 2.38. The summed E-state index contributed by atoms with van der Waals surface area (Å²) < 4.78 is 0. The lowest BCUT2D eigenvalue weighted by atomic mass is 9.93. The van der Waals surface area contributed by atoms with E-state index in [-0.39, 0.29) is 11.9 Å². The molecule has 1 amide bonds. The molecule has 1 aromatic rings. The van der Waals surface area contributed by atoms with Gasteiger partial charge in [0.1, 0.15) is 0 Å². The van der Waals surface area contributed by atoms with E-state index in [1.807, 2.05) is 17.0 Å². The molecule has 1 saturated carbocycles. The fraction of sp³-hybridized carbons (Fsp3) is 0.625. The molecule has 3 unspecified atom stereocenters. The first-order chi connectivity index (χ1) is 9.79. The molecule has 3 rings (SSSR count). The average Bonchev–Trinajstić information content (AvgIpc) is 3.08. The number of aromatic nitrogens is 1. The first-order valence-corrected chi connectivity index (χ1v) is 7.70. The van der Waals surface area contributed by atoms with Crippen LogP contribution in [-0.2, 0) is 11.3 Å². The van der Waals surface area contributed by atoms with Crippen molar-refractivity contribution in [2.24, 2.45) is 11.8 Å². The summed E-state index contributed by atoms with van der Waals surface area (Å²) in [5.74, 6) is 1.57. The van der Waals surface area contributed by atoms with Crippen LogP contribution in [0.3, 0.4) is 0 Å². The molecule has 1 aliphatic carbocycles. The zero-order chi connectivity index (χ0) is 13.9. The topological polar surface area (TPSA) is 45.2 Å². The normalized spacial score (nSPS) is 28.4. The molecule has 4 nitrogen and oxygen atoms in total. The fourth-order valence-electron chi connectivity index (χ4n) is 3.71. The minimum absolute atomic E-state index is 0.0456. The molecule has 1 aromatic heterocycles. The smallest absolute Gasteiger partial charge is 0.240 e. The molecule has 1 aliphatic heterocycles. The summed E-state index contributed by atoms with van der Waals surface area (Å²) in [5, 5.41) is 3.46. The number of fused-ring (bicyclic) bond motifs is 1. The summed E-state index contributed by atoms with van der Waals surface area (Å²) in [4.78, 5) is 18.8. The van der Waals surface area contributed by atoms with Crippen LogP contribution in [0.5, 0.6) is 0 Å². The summed E-state index contributed by atoms with van der Waals surface area (Å²) >= 11 is 0. The van der Waals surface area contributed by atoms with Gasteiger partial charge in [-0.15, -0.1) is 0 Å². The van der Waals surface area contributed by atoms with Gasteiger partial charge in [0.15, 0.2) is 0 Å². The van der Waals surface area contributed by atoms with E-state index in [4.69, 9.17) is 0 Å². The van der Waals surface area contributed by atoms with E-state index in [0.29, 0.717) is 12.5 Å². The van der Waals surface area contributed by atoms with E-state index in [2.05, 4.69) is 17.2 Å². The van der Waals surface area contributed by atoms with E-state index in [0.717, 1.165) is 24.6 Å². The maximum absolute atomic E-state index is 12.8. The quantitative estimate of drug-likeness (QED) is 0.910. The summed E-state index contributed by atoms with van der Waals surface area (Å²) in [6.45, 7) is 4.53. The van der Waals surface area contributed by atoms with Gasteiger partial charge in [-0.2, -0.15) is 0 Å². The largest absolute Gasteiger partial charge is 0.337 e. The Morgan fingerprint density at radius 3 is 2.95 bits per heavy atom. The monoisotopic (exact) mass is 273 g/mol. The van der Waals surface area contributed by atoms with Crippen molar-refractivity contribution in [2.45, 2.75) is 38.8 Å². The van der Waals surface area contributed by atoms with Gasteiger partial charge in [0, 0.05) is 25.5 Å². The minimum Gasteiger partial charge on any atom is -0.337 e. The van der Waals surface area contributed by atoms with Crippen molar-refractivity contribution in [1.29, 1.82) is 0 Å². The second-order valence-electron chi connectivity index (χ2n) is 5.95. The van der Waals surface area contributed by atoms with Crippen molar-refractivity contribution >= 4 is 5.91 Å². The molecule has 108 valence electrons. The number of hydrogen-bond donors (Lipinski definition) is 1. The van der Waals surface area contributed by atoms with Gasteiger partial charge in [0.25, 0.3) is 0 Å². The third-order valence-electron chi connectivity index (χ3n) is 4.83. The van der Waals surface area contributed by atoms with E-state index in [1.165, 1.54) is 19.3 Å². The maximum atomic E-state index is 12.8. The highest BCUT2D eigenvalue weighted by atomic mass is 16.2. The Hall–Kier alpha value is -1.42. The number of pyridine rings is 1. The number of nitrogens with zero attached hydrogens (tertiary/aromatic N) is 2. The Kier molecular flexibility index (Phi) is 4.01. The van der Waals surface area contributed by atoms with Crippen LogP contribution in [0.1, 0.15) is 31.7 Å². The van der Waals surface area contributed by atoms with Crippen molar-refractivity contribution in [3.8, 4) is 0 Å². The molecule has 4 heteroatoms. The van der Waals surface area contributed by atoms with Gasteiger partial charge in [0.2, 0.25) is 5.91 Å². The molecule has 1 N–H and O–H groups in total. The van der Waals surface area contributed by atoms with Gasteiger partial charge >= 0.3 is 0 Å². The van der Waals surface area contributed by atoms with Crippen LogP contribution < -0.4 is 5.32 Å². The third kappa shape index (κ3) is 2.57. The molecular formula is C16H23N3O. The number of carbonyl (C=O) groups excluding carboxylic acids is 1. The molecule has 20 heavy (non-hydrogen) atoms. The third-order valence-corrected chi connectivity index (χ3v) is 4.83. The maximum Gasteiger partial charge on any atom is 0.240 e. The summed E-state index contributed by atoms with van der Waals surface area (Å²) in [6, 6.07) is 4.01. The van der Waals surface area contributed by atoms with Gasteiger partial charge in [-0.1, -0.05) is 6.42 Å². The van der Waals surface area contributed by atoms with E-state index >= 15 is 0 Å². The predicted octanol–water partition coefficient (Wildman–Crippen LogP) is 1.82. The van der Waals surface area contributed by atoms with Gasteiger partial charge in [-0.3, -0.25) is 9.78 Å². The zero-order valence-corrected chi connectivity index (χ0v) is 12.1. The Balaban J connectivity index is 1.68. The van der Waals surface area contributed by atoms with Crippen molar-refractivity contribution < 1.29 is 4.79 Å². The molecular weight excluding hydrogens is 250 g/mol. The van der Waals surface area contributed by atoms with Gasteiger partial charge < -0.3 is 10.2 Å². The highest BCUT2D eigenvalue weighted by molar-refractivity contribution is 5.82. The number of likely N-dealkylation sites (N-methyl/N-ethyl adjacent to an activating group) is 1. The first-order valence-electron chi connectivity index (χ1n) is 7.70. The highest BCUT2D eigenvalue weighted by Gasteiger charge is 2.43. The van der Waals surface area contributed by atoms with Crippen LogP contribution in [-0.4, -0.2) is 34.9 Å². The van der Waals surface area contributed by atoms with Crippen LogP contribution >= 0.6 is 0 Å². The molecule has 0 aromatic carbocycles. The van der Waals surface area contributed by atoms with Crippen molar-refractivity contribution in [1.82, 2.24) is 15.2 Å². The van der Waals surface area contributed by atoms with Crippen LogP contribution in [0.25, 0.3) is 0 Å². The Morgan fingerprint density at radius 2 is 2.20 bits per heavy atom. The molecule has 3 atom stereocenters. The molecule has 2 heterocycles.